The fourth-order valence-electron chi connectivity index (χ4n) is 3.18. The number of hydrogen-bond acceptors (Lipinski definition) is 4. The van der Waals surface area contributed by atoms with Gasteiger partial charge in [0.25, 0.3) is 11.5 Å². The number of piperidine rings is 1. The average molecular weight is 345 g/mol. The van der Waals surface area contributed by atoms with Crippen molar-refractivity contribution in [3.8, 4) is 5.75 Å². The van der Waals surface area contributed by atoms with Gasteiger partial charge in [0.15, 0.2) is 17.3 Å². The number of aryl methyl sites for hydroxylation is 2. The van der Waals surface area contributed by atoms with E-state index in [0.29, 0.717) is 36.3 Å². The van der Waals surface area contributed by atoms with Gasteiger partial charge in [-0.3, -0.25) is 9.59 Å². The predicted molar refractivity (Wildman–Crippen MR) is 90.3 cm³/mol. The topological polar surface area (TPSA) is 86.3 Å². The first-order chi connectivity index (χ1) is 11.9. The van der Waals surface area contributed by atoms with Gasteiger partial charge in [-0.2, -0.15) is 0 Å². The molecular formula is C18H20FN3O3. The van der Waals surface area contributed by atoms with Crippen LogP contribution in [0, 0.1) is 19.7 Å². The summed E-state index contributed by atoms with van der Waals surface area (Å²) < 4.78 is 14.2. The van der Waals surface area contributed by atoms with Crippen molar-refractivity contribution in [1.82, 2.24) is 14.9 Å². The molecule has 0 aliphatic carbocycles. The Morgan fingerprint density at radius 1 is 1.40 bits per heavy atom. The van der Waals surface area contributed by atoms with Crippen molar-refractivity contribution in [3.63, 3.8) is 0 Å². The van der Waals surface area contributed by atoms with E-state index in [9.17, 15) is 19.1 Å². The summed E-state index contributed by atoms with van der Waals surface area (Å²) >= 11 is 0. The first-order valence-electron chi connectivity index (χ1n) is 8.22. The highest BCUT2D eigenvalue weighted by Gasteiger charge is 2.29. The van der Waals surface area contributed by atoms with Gasteiger partial charge in [-0.1, -0.05) is 12.1 Å². The van der Waals surface area contributed by atoms with Crippen molar-refractivity contribution in [2.45, 2.75) is 32.6 Å². The summed E-state index contributed by atoms with van der Waals surface area (Å²) in [5, 5.41) is 9.57. The second-order valence-corrected chi connectivity index (χ2v) is 6.40. The number of amides is 1. The van der Waals surface area contributed by atoms with Crippen LogP contribution in [0.5, 0.6) is 5.75 Å². The number of likely N-dealkylation sites (tertiary alicyclic amines) is 1. The third kappa shape index (κ3) is 3.26. The van der Waals surface area contributed by atoms with Crippen molar-refractivity contribution in [2.75, 3.05) is 13.1 Å². The summed E-state index contributed by atoms with van der Waals surface area (Å²) in [5.74, 6) is -1.72. The zero-order valence-electron chi connectivity index (χ0n) is 14.2. The van der Waals surface area contributed by atoms with E-state index < -0.39 is 23.0 Å². The number of aromatic nitrogens is 2. The molecular weight excluding hydrogens is 325 g/mol. The van der Waals surface area contributed by atoms with E-state index in [1.807, 2.05) is 0 Å². The molecule has 2 heterocycles. The maximum absolute atomic E-state index is 14.2. The number of benzene rings is 1. The summed E-state index contributed by atoms with van der Waals surface area (Å²) in [6.07, 6.45) is 1.40. The number of phenols is 1. The maximum atomic E-state index is 14.2. The molecule has 2 N–H and O–H groups in total. The monoisotopic (exact) mass is 345 g/mol. The van der Waals surface area contributed by atoms with Gasteiger partial charge in [-0.15, -0.1) is 0 Å². The Labute approximate surface area is 144 Å². The summed E-state index contributed by atoms with van der Waals surface area (Å²) in [6, 6.07) is 4.50. The number of phenolic OH excluding ortho intramolecular Hbond substituents is 1. The Kier molecular flexibility index (Phi) is 4.57. The molecule has 132 valence electrons. The smallest absolute Gasteiger partial charge is 0.279 e. The highest BCUT2D eigenvalue weighted by molar-refractivity contribution is 5.92. The van der Waals surface area contributed by atoms with Crippen LogP contribution in [-0.4, -0.2) is 39.0 Å². The van der Waals surface area contributed by atoms with Crippen LogP contribution in [0.1, 0.15) is 46.2 Å². The number of aromatic amines is 1. The molecule has 1 amide bonds. The van der Waals surface area contributed by atoms with Gasteiger partial charge in [-0.05, 0) is 38.3 Å². The summed E-state index contributed by atoms with van der Waals surface area (Å²) in [6.45, 7) is 4.22. The second kappa shape index (κ2) is 6.66. The molecule has 2 aromatic rings. The molecule has 3 rings (SSSR count). The second-order valence-electron chi connectivity index (χ2n) is 6.40. The Balaban J connectivity index is 1.86. The maximum Gasteiger partial charge on any atom is 0.279 e. The minimum absolute atomic E-state index is 0.139. The third-order valence-electron chi connectivity index (χ3n) is 4.70. The minimum Gasteiger partial charge on any atom is -0.505 e. The van der Waals surface area contributed by atoms with Gasteiger partial charge in [0.1, 0.15) is 0 Å². The number of carbonyl (C=O) groups is 1. The molecule has 7 heteroatoms. The molecule has 25 heavy (non-hydrogen) atoms. The summed E-state index contributed by atoms with van der Waals surface area (Å²) in [4.78, 5) is 33.1. The third-order valence-corrected chi connectivity index (χ3v) is 4.70. The quantitative estimate of drug-likeness (QED) is 0.874. The van der Waals surface area contributed by atoms with Crippen molar-refractivity contribution < 1.29 is 14.3 Å². The molecule has 0 radical (unpaired) electrons. The van der Waals surface area contributed by atoms with Crippen LogP contribution in [0.3, 0.4) is 0 Å². The van der Waals surface area contributed by atoms with Crippen LogP contribution in [0.4, 0.5) is 4.39 Å². The molecule has 1 atom stereocenters. The minimum atomic E-state index is -0.649. The van der Waals surface area contributed by atoms with E-state index in [4.69, 9.17) is 0 Å². The average Bonchev–Trinajstić information content (AvgIpc) is 2.60. The number of nitrogens with one attached hydrogen (secondary N) is 1. The van der Waals surface area contributed by atoms with E-state index in [2.05, 4.69) is 9.97 Å². The van der Waals surface area contributed by atoms with Crippen LogP contribution in [0.25, 0.3) is 0 Å². The van der Waals surface area contributed by atoms with Crippen LogP contribution < -0.4 is 5.56 Å². The van der Waals surface area contributed by atoms with E-state index >= 15 is 0 Å². The summed E-state index contributed by atoms with van der Waals surface area (Å²) in [7, 11) is 0. The van der Waals surface area contributed by atoms with Gasteiger partial charge < -0.3 is 15.0 Å². The molecule has 0 saturated carbocycles. The van der Waals surface area contributed by atoms with E-state index in [-0.39, 0.29) is 18.2 Å². The number of hydrogen-bond donors (Lipinski definition) is 2. The lowest BCUT2D eigenvalue weighted by molar-refractivity contribution is 0.0697. The lowest BCUT2D eigenvalue weighted by Gasteiger charge is -2.33. The highest BCUT2D eigenvalue weighted by atomic mass is 19.1. The van der Waals surface area contributed by atoms with Gasteiger partial charge in [0, 0.05) is 24.7 Å². The van der Waals surface area contributed by atoms with E-state index in [1.165, 1.54) is 11.0 Å². The van der Waals surface area contributed by atoms with Gasteiger partial charge in [-0.25, -0.2) is 9.37 Å². The Morgan fingerprint density at radius 2 is 2.16 bits per heavy atom. The number of carbonyl (C=O) groups excluding carboxylic acids is 1. The largest absolute Gasteiger partial charge is 0.505 e. The van der Waals surface area contributed by atoms with Gasteiger partial charge in [0.2, 0.25) is 0 Å². The molecule has 0 spiro atoms. The van der Waals surface area contributed by atoms with Crippen molar-refractivity contribution in [2.24, 2.45) is 0 Å². The van der Waals surface area contributed by atoms with Crippen molar-refractivity contribution >= 4 is 5.91 Å². The number of aromatic hydroxyl groups is 1. The molecule has 1 aliphatic heterocycles. The SMILES string of the molecule is Cc1nc(C(=O)N2CCCC(c3cccc(O)c3F)C2)c(=O)[nH]c1C. The Morgan fingerprint density at radius 3 is 2.92 bits per heavy atom. The zero-order valence-corrected chi connectivity index (χ0v) is 14.2. The molecule has 1 saturated heterocycles. The molecule has 1 fully saturated rings. The zero-order chi connectivity index (χ0) is 18.1. The number of halogens is 1. The van der Waals surface area contributed by atoms with E-state index in [1.54, 1.807) is 26.0 Å². The number of rotatable bonds is 2. The van der Waals surface area contributed by atoms with E-state index in [0.717, 1.165) is 0 Å². The predicted octanol–water partition coefficient (Wildman–Crippen LogP) is 2.25. The lowest BCUT2D eigenvalue weighted by Crippen LogP contribution is -2.42. The summed E-state index contributed by atoms with van der Waals surface area (Å²) in [5.41, 5.74) is 0.953. The van der Waals surface area contributed by atoms with Crippen LogP contribution in [-0.2, 0) is 0 Å². The Bertz CT molecular complexity index is 878. The van der Waals surface area contributed by atoms with Gasteiger partial charge >= 0.3 is 0 Å². The normalized spacial score (nSPS) is 17.6. The molecule has 1 aromatic heterocycles. The molecule has 6 nitrogen and oxygen atoms in total. The van der Waals surface area contributed by atoms with Crippen molar-refractivity contribution in [1.29, 1.82) is 0 Å². The van der Waals surface area contributed by atoms with Crippen LogP contribution >= 0.6 is 0 Å². The molecule has 1 unspecified atom stereocenters. The Hall–Kier alpha value is -2.70. The molecule has 0 bridgehead atoms. The number of nitrogens with zero attached hydrogens (tertiary/aromatic N) is 2. The van der Waals surface area contributed by atoms with Gasteiger partial charge in [0.05, 0.1) is 5.69 Å². The first kappa shape index (κ1) is 17.1. The highest BCUT2D eigenvalue weighted by Crippen LogP contribution is 2.32. The fraction of sp³-hybridized carbons (Fsp3) is 0.389. The fourth-order valence-corrected chi connectivity index (χ4v) is 3.18. The number of H-pyrrole nitrogens is 1. The molecule has 1 aliphatic rings. The standard InChI is InChI=1S/C18H20FN3O3/c1-10-11(2)21-17(24)16(20-10)18(25)22-8-4-5-12(9-22)13-6-3-7-14(23)15(13)19/h3,6-7,12,23H,4-5,8-9H2,1-2H3,(H,21,24). The molecule has 1 aromatic carbocycles. The van der Waals surface area contributed by atoms with Crippen molar-refractivity contribution in [3.05, 3.63) is 57.0 Å². The first-order valence-corrected chi connectivity index (χ1v) is 8.22. The lowest BCUT2D eigenvalue weighted by atomic mass is 9.90. The van der Waals surface area contributed by atoms with Crippen LogP contribution in [0.15, 0.2) is 23.0 Å². The van der Waals surface area contributed by atoms with Crippen LogP contribution in [0.2, 0.25) is 0 Å².